The number of benzene rings is 1. The van der Waals surface area contributed by atoms with Crippen LogP contribution in [0.1, 0.15) is 20.8 Å². The molecular formula is C12H9ClN2O4. The summed E-state index contributed by atoms with van der Waals surface area (Å²) >= 11 is 5.84. The number of nitrogens with zero attached hydrogens (tertiary/aromatic N) is 2. The fourth-order valence-corrected chi connectivity index (χ4v) is 1.80. The number of carbonyl (C=O) groups excluding carboxylic acids is 1. The van der Waals surface area contributed by atoms with Gasteiger partial charge in [0.15, 0.2) is 5.69 Å². The summed E-state index contributed by atoms with van der Waals surface area (Å²) in [4.78, 5) is 22.8. The second-order valence-electron chi connectivity index (χ2n) is 3.60. The third-order valence-electron chi connectivity index (χ3n) is 2.43. The molecule has 0 aliphatic rings. The van der Waals surface area contributed by atoms with Gasteiger partial charge in [0.25, 0.3) is 0 Å². The number of esters is 1. The number of methoxy groups -OCH3 is 1. The topological polar surface area (TPSA) is 81.4 Å². The molecule has 0 bridgehead atoms. The minimum Gasteiger partial charge on any atom is -0.476 e. The summed E-state index contributed by atoms with van der Waals surface area (Å²) in [6, 6.07) is 6.48. The Morgan fingerprint density at radius 1 is 1.42 bits per heavy atom. The zero-order valence-electron chi connectivity index (χ0n) is 9.83. The molecule has 0 saturated heterocycles. The van der Waals surface area contributed by atoms with Crippen molar-refractivity contribution in [2.75, 3.05) is 7.11 Å². The molecule has 6 nitrogen and oxygen atoms in total. The van der Waals surface area contributed by atoms with Crippen molar-refractivity contribution in [3.63, 3.8) is 0 Å². The minimum absolute atomic E-state index is 0.116. The molecule has 19 heavy (non-hydrogen) atoms. The standard InChI is InChI=1S/C12H9ClN2O4/c1-19-12(18)9-6-14-15(10(9)11(16)17)8-4-2-3-7(13)5-8/h2-6H,1H3,(H,16,17). The first-order chi connectivity index (χ1) is 9.04. The van der Waals surface area contributed by atoms with Crippen molar-refractivity contribution in [1.82, 2.24) is 9.78 Å². The fourth-order valence-electron chi connectivity index (χ4n) is 1.62. The molecule has 1 N–H and O–H groups in total. The summed E-state index contributed by atoms with van der Waals surface area (Å²) < 4.78 is 5.64. The van der Waals surface area contributed by atoms with Crippen molar-refractivity contribution in [3.8, 4) is 5.69 Å². The molecule has 0 radical (unpaired) electrons. The molecule has 0 spiro atoms. The van der Waals surface area contributed by atoms with E-state index in [0.717, 1.165) is 10.9 Å². The Kier molecular flexibility index (Phi) is 3.52. The van der Waals surface area contributed by atoms with Crippen LogP contribution in [0.15, 0.2) is 30.5 Å². The molecule has 1 heterocycles. The summed E-state index contributed by atoms with van der Waals surface area (Å²) in [7, 11) is 1.17. The third kappa shape index (κ3) is 2.43. The summed E-state index contributed by atoms with van der Waals surface area (Å²) in [5.74, 6) is -2.04. The Morgan fingerprint density at radius 3 is 2.74 bits per heavy atom. The van der Waals surface area contributed by atoms with Crippen molar-refractivity contribution >= 4 is 23.5 Å². The van der Waals surface area contributed by atoms with Gasteiger partial charge in [-0.15, -0.1) is 0 Å². The highest BCUT2D eigenvalue weighted by atomic mass is 35.5. The molecule has 0 atom stereocenters. The maximum absolute atomic E-state index is 11.5. The maximum Gasteiger partial charge on any atom is 0.355 e. The fraction of sp³-hybridized carbons (Fsp3) is 0.0833. The molecule has 1 aromatic carbocycles. The van der Waals surface area contributed by atoms with Gasteiger partial charge in [0.1, 0.15) is 5.56 Å². The smallest absolute Gasteiger partial charge is 0.355 e. The van der Waals surface area contributed by atoms with Crippen molar-refractivity contribution in [2.24, 2.45) is 0 Å². The van der Waals surface area contributed by atoms with Gasteiger partial charge in [0.2, 0.25) is 0 Å². The van der Waals surface area contributed by atoms with E-state index in [1.54, 1.807) is 24.3 Å². The van der Waals surface area contributed by atoms with Gasteiger partial charge in [0.05, 0.1) is 19.0 Å². The molecule has 0 saturated carbocycles. The van der Waals surface area contributed by atoms with Crippen LogP contribution in [0.4, 0.5) is 0 Å². The molecule has 0 aliphatic heterocycles. The second-order valence-corrected chi connectivity index (χ2v) is 4.03. The Morgan fingerprint density at radius 2 is 2.16 bits per heavy atom. The van der Waals surface area contributed by atoms with Crippen molar-refractivity contribution in [1.29, 1.82) is 0 Å². The number of carbonyl (C=O) groups is 2. The highest BCUT2D eigenvalue weighted by molar-refractivity contribution is 6.30. The van der Waals surface area contributed by atoms with Crippen LogP contribution in [-0.2, 0) is 4.74 Å². The van der Waals surface area contributed by atoms with Crippen LogP contribution < -0.4 is 0 Å². The highest BCUT2D eigenvalue weighted by Crippen LogP contribution is 2.19. The summed E-state index contributed by atoms with van der Waals surface area (Å²) in [5.41, 5.74) is 0.0594. The lowest BCUT2D eigenvalue weighted by molar-refractivity contribution is 0.0581. The van der Waals surface area contributed by atoms with Crippen molar-refractivity contribution < 1.29 is 19.4 Å². The first-order valence-electron chi connectivity index (χ1n) is 5.20. The number of hydrogen-bond donors (Lipinski definition) is 1. The zero-order valence-corrected chi connectivity index (χ0v) is 10.6. The summed E-state index contributed by atoms with van der Waals surface area (Å²) in [6.45, 7) is 0. The van der Waals surface area contributed by atoms with E-state index in [1.807, 2.05) is 0 Å². The number of aromatic nitrogens is 2. The predicted molar refractivity (Wildman–Crippen MR) is 66.9 cm³/mol. The number of halogens is 1. The van der Waals surface area contributed by atoms with Gasteiger partial charge in [-0.25, -0.2) is 14.3 Å². The normalized spacial score (nSPS) is 10.2. The van der Waals surface area contributed by atoms with Crippen LogP contribution in [0.3, 0.4) is 0 Å². The van der Waals surface area contributed by atoms with Crippen LogP contribution in [0.5, 0.6) is 0 Å². The number of carboxylic acids is 1. The molecule has 1 aromatic heterocycles. The van der Waals surface area contributed by atoms with E-state index >= 15 is 0 Å². The largest absolute Gasteiger partial charge is 0.476 e. The number of aromatic carboxylic acids is 1. The number of carboxylic acid groups (broad SMARTS) is 1. The lowest BCUT2D eigenvalue weighted by atomic mass is 10.2. The Balaban J connectivity index is 2.62. The third-order valence-corrected chi connectivity index (χ3v) is 2.66. The van der Waals surface area contributed by atoms with Crippen molar-refractivity contribution in [3.05, 3.63) is 46.7 Å². The number of rotatable bonds is 3. The van der Waals surface area contributed by atoms with Gasteiger partial charge >= 0.3 is 11.9 Å². The van der Waals surface area contributed by atoms with E-state index < -0.39 is 11.9 Å². The SMILES string of the molecule is COC(=O)c1cnn(-c2cccc(Cl)c2)c1C(=O)O. The van der Waals surface area contributed by atoms with E-state index in [1.165, 1.54) is 7.11 Å². The quantitative estimate of drug-likeness (QED) is 0.870. The molecule has 0 amide bonds. The lowest BCUT2D eigenvalue weighted by Crippen LogP contribution is -2.13. The molecular weight excluding hydrogens is 272 g/mol. The molecule has 0 fully saturated rings. The number of hydrogen-bond acceptors (Lipinski definition) is 4. The zero-order chi connectivity index (χ0) is 14.0. The van der Waals surface area contributed by atoms with Gasteiger partial charge in [-0.05, 0) is 18.2 Å². The monoisotopic (exact) mass is 280 g/mol. The van der Waals surface area contributed by atoms with Gasteiger partial charge in [-0.3, -0.25) is 0 Å². The first kappa shape index (κ1) is 13.1. The van der Waals surface area contributed by atoms with Crippen molar-refractivity contribution in [2.45, 2.75) is 0 Å². The van der Waals surface area contributed by atoms with Crippen LogP contribution in [0, 0.1) is 0 Å². The van der Waals surface area contributed by atoms with Crippen LogP contribution in [0.2, 0.25) is 5.02 Å². The molecule has 0 unspecified atom stereocenters. The predicted octanol–water partition coefficient (Wildman–Crippen LogP) is 2.01. The Hall–Kier alpha value is -2.34. The minimum atomic E-state index is -1.28. The second kappa shape index (κ2) is 5.11. The van der Waals surface area contributed by atoms with Crippen LogP contribution in [-0.4, -0.2) is 33.9 Å². The Labute approximate surface area is 113 Å². The highest BCUT2D eigenvalue weighted by Gasteiger charge is 2.24. The average Bonchev–Trinajstić information content (AvgIpc) is 2.82. The maximum atomic E-state index is 11.5. The number of ether oxygens (including phenoxy) is 1. The molecule has 2 rings (SSSR count). The van der Waals surface area contributed by atoms with E-state index in [9.17, 15) is 14.7 Å². The van der Waals surface area contributed by atoms with E-state index in [4.69, 9.17) is 11.6 Å². The summed E-state index contributed by atoms with van der Waals surface area (Å²) in [6.07, 6.45) is 1.15. The van der Waals surface area contributed by atoms with Gasteiger partial charge in [-0.1, -0.05) is 17.7 Å². The average molecular weight is 281 g/mol. The van der Waals surface area contributed by atoms with E-state index in [2.05, 4.69) is 9.84 Å². The molecule has 2 aromatic rings. The van der Waals surface area contributed by atoms with E-state index in [-0.39, 0.29) is 11.3 Å². The lowest BCUT2D eigenvalue weighted by Gasteiger charge is -2.05. The van der Waals surface area contributed by atoms with Gasteiger partial charge in [-0.2, -0.15) is 5.10 Å². The van der Waals surface area contributed by atoms with Gasteiger partial charge < -0.3 is 9.84 Å². The van der Waals surface area contributed by atoms with E-state index in [0.29, 0.717) is 10.7 Å². The van der Waals surface area contributed by atoms with Gasteiger partial charge in [0, 0.05) is 5.02 Å². The molecule has 7 heteroatoms. The Bertz CT molecular complexity index is 651. The molecule has 0 aliphatic carbocycles. The summed E-state index contributed by atoms with van der Waals surface area (Å²) in [5, 5.41) is 13.5. The van der Waals surface area contributed by atoms with Crippen LogP contribution >= 0.6 is 11.6 Å². The molecule has 98 valence electrons. The van der Waals surface area contributed by atoms with Crippen LogP contribution in [0.25, 0.3) is 5.69 Å². The first-order valence-corrected chi connectivity index (χ1v) is 5.58.